The van der Waals surface area contributed by atoms with Crippen LogP contribution in [0.4, 0.5) is 8.78 Å². The molecule has 5 heteroatoms. The fraction of sp³-hybridized carbons (Fsp3) is 0.571. The average molecular weight is 273 g/mol. The molecule has 0 aliphatic carbocycles. The lowest BCUT2D eigenvalue weighted by molar-refractivity contribution is -0.000779. The maximum absolute atomic E-state index is 13.8. The first-order chi connectivity index (χ1) is 9.10. The molecule has 2 atom stereocenters. The fourth-order valence-electron chi connectivity index (χ4n) is 1.84. The Kier molecular flexibility index (Phi) is 6.91. The number of halogens is 2. The second-order valence-corrected chi connectivity index (χ2v) is 4.35. The molecule has 0 aromatic heterocycles. The van der Waals surface area contributed by atoms with Gasteiger partial charge in [-0.3, -0.25) is 0 Å². The molecular weight excluding hydrogens is 252 g/mol. The Morgan fingerprint density at radius 1 is 1.26 bits per heavy atom. The van der Waals surface area contributed by atoms with Gasteiger partial charge in [0.05, 0.1) is 25.4 Å². The first-order valence-electron chi connectivity index (χ1n) is 6.38. The van der Waals surface area contributed by atoms with Gasteiger partial charge in [-0.2, -0.15) is 0 Å². The molecule has 0 aliphatic rings. The quantitative estimate of drug-likeness (QED) is 0.790. The number of hydrogen-bond acceptors (Lipinski definition) is 3. The monoisotopic (exact) mass is 273 g/mol. The van der Waals surface area contributed by atoms with E-state index in [-0.39, 0.29) is 24.3 Å². The Bertz CT molecular complexity index is 388. The van der Waals surface area contributed by atoms with Crippen molar-refractivity contribution >= 4 is 0 Å². The van der Waals surface area contributed by atoms with Gasteiger partial charge < -0.3 is 14.8 Å². The van der Waals surface area contributed by atoms with E-state index in [4.69, 9.17) is 9.47 Å². The number of rotatable bonds is 8. The molecule has 0 radical (unpaired) electrons. The smallest absolute Gasteiger partial charge is 0.163 e. The summed E-state index contributed by atoms with van der Waals surface area (Å²) in [5.41, 5.74) is 0.284. The zero-order chi connectivity index (χ0) is 14.3. The number of likely N-dealkylation sites (N-methyl/N-ethyl adjacent to an activating group) is 1. The SMILES string of the molecule is CCNC(COC(C)COC)c1cccc(F)c1F. The summed E-state index contributed by atoms with van der Waals surface area (Å²) < 4.78 is 37.5. The number of ether oxygens (including phenoxy) is 2. The van der Waals surface area contributed by atoms with Crippen LogP contribution in [0.1, 0.15) is 25.5 Å². The summed E-state index contributed by atoms with van der Waals surface area (Å²) in [6.07, 6.45) is -0.0947. The molecular formula is C14H21F2NO2. The van der Waals surface area contributed by atoms with Gasteiger partial charge in [0.2, 0.25) is 0 Å². The summed E-state index contributed by atoms with van der Waals surface area (Å²) in [5.74, 6) is -1.67. The predicted molar refractivity (Wildman–Crippen MR) is 70.1 cm³/mol. The largest absolute Gasteiger partial charge is 0.382 e. The van der Waals surface area contributed by atoms with Crippen molar-refractivity contribution in [1.29, 1.82) is 0 Å². The van der Waals surface area contributed by atoms with Crippen molar-refractivity contribution in [2.45, 2.75) is 26.0 Å². The van der Waals surface area contributed by atoms with E-state index in [1.54, 1.807) is 13.2 Å². The molecule has 0 fully saturated rings. The standard InChI is InChI=1S/C14H21F2NO2/c1-4-17-13(9-19-10(2)8-18-3)11-6-5-7-12(15)14(11)16/h5-7,10,13,17H,4,8-9H2,1-3H3. The molecule has 1 N–H and O–H groups in total. The topological polar surface area (TPSA) is 30.5 Å². The average Bonchev–Trinajstić information content (AvgIpc) is 2.38. The van der Waals surface area contributed by atoms with E-state index in [2.05, 4.69) is 5.32 Å². The van der Waals surface area contributed by atoms with E-state index < -0.39 is 11.6 Å². The highest BCUT2D eigenvalue weighted by molar-refractivity contribution is 5.22. The van der Waals surface area contributed by atoms with Crippen molar-refractivity contribution in [3.63, 3.8) is 0 Å². The number of hydrogen-bond donors (Lipinski definition) is 1. The van der Waals surface area contributed by atoms with Crippen LogP contribution in [0.15, 0.2) is 18.2 Å². The summed E-state index contributed by atoms with van der Waals surface area (Å²) in [5, 5.41) is 3.09. The lowest BCUT2D eigenvalue weighted by Gasteiger charge is -2.21. The van der Waals surface area contributed by atoms with Crippen LogP contribution in [0.3, 0.4) is 0 Å². The minimum Gasteiger partial charge on any atom is -0.382 e. The summed E-state index contributed by atoms with van der Waals surface area (Å²) in [6, 6.07) is 3.79. The normalized spacial score (nSPS) is 14.4. The maximum atomic E-state index is 13.8. The lowest BCUT2D eigenvalue weighted by Crippen LogP contribution is -2.29. The van der Waals surface area contributed by atoms with Crippen molar-refractivity contribution < 1.29 is 18.3 Å². The van der Waals surface area contributed by atoms with Crippen LogP contribution in [0.25, 0.3) is 0 Å². The van der Waals surface area contributed by atoms with E-state index in [0.717, 1.165) is 6.07 Å². The first kappa shape index (κ1) is 16.0. The highest BCUT2D eigenvalue weighted by Crippen LogP contribution is 2.20. The number of benzene rings is 1. The first-order valence-corrected chi connectivity index (χ1v) is 6.38. The zero-order valence-electron chi connectivity index (χ0n) is 11.6. The summed E-state index contributed by atoms with van der Waals surface area (Å²) >= 11 is 0. The molecule has 2 unspecified atom stereocenters. The Balaban J connectivity index is 2.73. The maximum Gasteiger partial charge on any atom is 0.163 e. The van der Waals surface area contributed by atoms with Crippen LogP contribution >= 0.6 is 0 Å². The van der Waals surface area contributed by atoms with Gasteiger partial charge in [0, 0.05) is 12.7 Å². The van der Waals surface area contributed by atoms with Crippen molar-refractivity contribution in [2.24, 2.45) is 0 Å². The zero-order valence-corrected chi connectivity index (χ0v) is 11.6. The summed E-state index contributed by atoms with van der Waals surface area (Å²) in [4.78, 5) is 0. The Hall–Kier alpha value is -1.04. The minimum atomic E-state index is -0.842. The van der Waals surface area contributed by atoms with Crippen LogP contribution < -0.4 is 5.32 Å². The van der Waals surface area contributed by atoms with Crippen molar-refractivity contribution in [3.8, 4) is 0 Å². The fourth-order valence-corrected chi connectivity index (χ4v) is 1.84. The Labute approximate surface area is 112 Å². The molecule has 0 heterocycles. The molecule has 0 saturated carbocycles. The van der Waals surface area contributed by atoms with Crippen LogP contribution in [0.2, 0.25) is 0 Å². The molecule has 1 aromatic carbocycles. The summed E-state index contributed by atoms with van der Waals surface area (Å²) in [6.45, 7) is 5.14. The molecule has 108 valence electrons. The van der Waals surface area contributed by atoms with Crippen molar-refractivity contribution in [2.75, 3.05) is 26.9 Å². The highest BCUT2D eigenvalue weighted by Gasteiger charge is 2.18. The van der Waals surface area contributed by atoms with Crippen LogP contribution in [-0.2, 0) is 9.47 Å². The van der Waals surface area contributed by atoms with Crippen LogP contribution in [0.5, 0.6) is 0 Å². The van der Waals surface area contributed by atoms with Gasteiger partial charge in [-0.15, -0.1) is 0 Å². The van der Waals surface area contributed by atoms with Crippen molar-refractivity contribution in [3.05, 3.63) is 35.4 Å². The van der Waals surface area contributed by atoms with Gasteiger partial charge in [0.1, 0.15) is 0 Å². The van der Waals surface area contributed by atoms with Gasteiger partial charge >= 0.3 is 0 Å². The minimum absolute atomic E-state index is 0.0947. The third-order valence-corrected chi connectivity index (χ3v) is 2.76. The molecule has 0 saturated heterocycles. The van der Waals surface area contributed by atoms with E-state index in [0.29, 0.717) is 13.2 Å². The molecule has 3 nitrogen and oxygen atoms in total. The number of methoxy groups -OCH3 is 1. The van der Waals surface area contributed by atoms with Gasteiger partial charge in [0.15, 0.2) is 11.6 Å². The molecule has 1 rings (SSSR count). The molecule has 0 bridgehead atoms. The van der Waals surface area contributed by atoms with Gasteiger partial charge in [-0.1, -0.05) is 19.1 Å². The molecule has 1 aromatic rings. The van der Waals surface area contributed by atoms with E-state index in [9.17, 15) is 8.78 Å². The van der Waals surface area contributed by atoms with Gasteiger partial charge in [-0.25, -0.2) is 8.78 Å². The second kappa shape index (κ2) is 8.19. The van der Waals surface area contributed by atoms with Crippen LogP contribution in [-0.4, -0.2) is 33.0 Å². The van der Waals surface area contributed by atoms with E-state index >= 15 is 0 Å². The van der Waals surface area contributed by atoms with E-state index in [1.165, 1.54) is 6.07 Å². The third-order valence-electron chi connectivity index (χ3n) is 2.76. The van der Waals surface area contributed by atoms with Gasteiger partial charge in [-0.05, 0) is 19.5 Å². The molecule has 0 aliphatic heterocycles. The van der Waals surface area contributed by atoms with Crippen molar-refractivity contribution in [1.82, 2.24) is 5.32 Å². The highest BCUT2D eigenvalue weighted by atomic mass is 19.2. The summed E-state index contributed by atoms with van der Waals surface area (Å²) in [7, 11) is 1.59. The Morgan fingerprint density at radius 3 is 2.63 bits per heavy atom. The molecule has 0 amide bonds. The van der Waals surface area contributed by atoms with Gasteiger partial charge in [0.25, 0.3) is 0 Å². The third kappa shape index (κ3) is 4.86. The second-order valence-electron chi connectivity index (χ2n) is 4.35. The Morgan fingerprint density at radius 2 is 2.00 bits per heavy atom. The number of nitrogens with one attached hydrogen (secondary N) is 1. The van der Waals surface area contributed by atoms with E-state index in [1.807, 2.05) is 13.8 Å². The molecule has 19 heavy (non-hydrogen) atoms. The molecule has 0 spiro atoms. The lowest BCUT2D eigenvalue weighted by atomic mass is 10.1. The predicted octanol–water partition coefficient (Wildman–Crippen LogP) is 2.67. The van der Waals surface area contributed by atoms with Crippen LogP contribution in [0, 0.1) is 11.6 Å².